The van der Waals surface area contributed by atoms with Crippen LogP contribution in [0.4, 0.5) is 10.1 Å². The van der Waals surface area contributed by atoms with Crippen molar-refractivity contribution in [3.8, 4) is 5.75 Å². The Kier molecular flexibility index (Phi) is 6.20. The zero-order valence-corrected chi connectivity index (χ0v) is 15.6. The summed E-state index contributed by atoms with van der Waals surface area (Å²) in [5.41, 5.74) is 0.665. The van der Waals surface area contributed by atoms with Crippen LogP contribution < -0.4 is 14.4 Å². The van der Waals surface area contributed by atoms with E-state index in [1.165, 1.54) is 18.2 Å². The molecule has 0 spiro atoms. The summed E-state index contributed by atoms with van der Waals surface area (Å²) in [4.78, 5) is 12.3. The van der Waals surface area contributed by atoms with Crippen LogP contribution in [0.3, 0.4) is 0 Å². The molecule has 6 nitrogen and oxygen atoms in total. The Bertz CT molecular complexity index is 869. The monoisotopic (exact) mass is 380 g/mol. The third-order valence-electron chi connectivity index (χ3n) is 3.80. The molecular weight excluding hydrogens is 359 g/mol. The van der Waals surface area contributed by atoms with Crippen LogP contribution in [0.5, 0.6) is 5.75 Å². The molecule has 140 valence electrons. The smallest absolute Gasteiger partial charge is 0.241 e. The number of hydrogen-bond donors (Lipinski definition) is 1. The maximum atomic E-state index is 14.0. The van der Waals surface area contributed by atoms with Gasteiger partial charge in [0, 0.05) is 0 Å². The van der Waals surface area contributed by atoms with Crippen LogP contribution in [0, 0.1) is 5.82 Å². The van der Waals surface area contributed by atoms with E-state index in [9.17, 15) is 17.6 Å². The highest BCUT2D eigenvalue weighted by atomic mass is 32.2. The predicted octanol–water partition coefficient (Wildman–Crippen LogP) is 2.48. The number of rotatable bonds is 7. The minimum Gasteiger partial charge on any atom is -0.497 e. The number of carbonyl (C=O) groups is 1. The minimum atomic E-state index is -3.83. The summed E-state index contributed by atoms with van der Waals surface area (Å²) in [7, 11) is -2.27. The number of para-hydroxylation sites is 1. The molecule has 0 saturated carbocycles. The molecule has 2 aromatic carbocycles. The molecule has 2 rings (SSSR count). The largest absolute Gasteiger partial charge is 0.497 e. The van der Waals surface area contributed by atoms with Gasteiger partial charge in [0.1, 0.15) is 18.1 Å². The van der Waals surface area contributed by atoms with Gasteiger partial charge in [-0.05, 0) is 36.8 Å². The first-order chi connectivity index (χ1) is 12.2. The van der Waals surface area contributed by atoms with Crippen LogP contribution in [-0.4, -0.2) is 34.2 Å². The van der Waals surface area contributed by atoms with Crippen molar-refractivity contribution in [3.05, 3.63) is 59.9 Å². The van der Waals surface area contributed by atoms with Gasteiger partial charge in [-0.1, -0.05) is 24.3 Å². The van der Waals surface area contributed by atoms with E-state index in [4.69, 9.17) is 4.74 Å². The van der Waals surface area contributed by atoms with Crippen molar-refractivity contribution in [1.29, 1.82) is 0 Å². The van der Waals surface area contributed by atoms with Crippen LogP contribution >= 0.6 is 0 Å². The Balaban J connectivity index is 2.13. The van der Waals surface area contributed by atoms with E-state index >= 15 is 0 Å². The third-order valence-corrected chi connectivity index (χ3v) is 4.93. The van der Waals surface area contributed by atoms with Gasteiger partial charge in [0.05, 0.1) is 25.1 Å². The van der Waals surface area contributed by atoms with Gasteiger partial charge in [0.25, 0.3) is 0 Å². The number of benzene rings is 2. The zero-order valence-electron chi connectivity index (χ0n) is 14.8. The van der Waals surface area contributed by atoms with Crippen molar-refractivity contribution in [2.75, 3.05) is 24.2 Å². The van der Waals surface area contributed by atoms with Gasteiger partial charge in [-0.2, -0.15) is 0 Å². The summed E-state index contributed by atoms with van der Waals surface area (Å²) in [6.45, 7) is 1.26. The van der Waals surface area contributed by atoms with Crippen molar-refractivity contribution in [1.82, 2.24) is 5.32 Å². The first-order valence-electron chi connectivity index (χ1n) is 7.88. The lowest BCUT2D eigenvalue weighted by Crippen LogP contribution is -2.41. The molecule has 0 aliphatic rings. The molecule has 1 amide bonds. The van der Waals surface area contributed by atoms with Gasteiger partial charge >= 0.3 is 0 Å². The molecular formula is C18H21FN2O4S. The lowest BCUT2D eigenvalue weighted by atomic mass is 10.1. The summed E-state index contributed by atoms with van der Waals surface area (Å²) in [5.74, 6) is -0.564. The van der Waals surface area contributed by atoms with Crippen molar-refractivity contribution in [3.63, 3.8) is 0 Å². The average Bonchev–Trinajstić information content (AvgIpc) is 2.59. The maximum Gasteiger partial charge on any atom is 0.241 e. The molecule has 0 aliphatic carbocycles. The second-order valence-corrected chi connectivity index (χ2v) is 7.69. The van der Waals surface area contributed by atoms with Gasteiger partial charge in [0.15, 0.2) is 0 Å². The van der Waals surface area contributed by atoms with Crippen LogP contribution in [0.2, 0.25) is 0 Å². The van der Waals surface area contributed by atoms with E-state index in [-0.39, 0.29) is 11.7 Å². The minimum absolute atomic E-state index is 0.165. The lowest BCUT2D eigenvalue weighted by Gasteiger charge is -2.23. The molecule has 1 N–H and O–H groups in total. The van der Waals surface area contributed by atoms with E-state index < -0.39 is 28.3 Å². The number of ether oxygens (including phenoxy) is 1. The normalized spacial score (nSPS) is 12.3. The second kappa shape index (κ2) is 8.18. The molecule has 26 heavy (non-hydrogen) atoms. The number of sulfonamides is 1. The molecule has 0 bridgehead atoms. The standard InChI is InChI=1S/C18H21FN2O4S/c1-13(14-8-10-15(25-2)11-9-14)20-18(22)12-21(26(3,23)24)17-7-5-4-6-16(17)19/h4-11,13H,12H2,1-3H3,(H,20,22)/t13-/m0/s1. The van der Waals surface area contributed by atoms with Crippen molar-refractivity contribution in [2.24, 2.45) is 0 Å². The van der Waals surface area contributed by atoms with Crippen LogP contribution in [0.25, 0.3) is 0 Å². The van der Waals surface area contributed by atoms with Gasteiger partial charge < -0.3 is 10.1 Å². The summed E-state index contributed by atoms with van der Waals surface area (Å²) in [6.07, 6.45) is 0.930. The summed E-state index contributed by atoms with van der Waals surface area (Å²) in [5, 5.41) is 2.72. The summed E-state index contributed by atoms with van der Waals surface area (Å²) in [6, 6.07) is 12.2. The van der Waals surface area contributed by atoms with Crippen molar-refractivity contribution < 1.29 is 22.3 Å². The van der Waals surface area contributed by atoms with Crippen molar-refractivity contribution >= 4 is 21.6 Å². The zero-order chi connectivity index (χ0) is 19.3. The molecule has 0 aliphatic heterocycles. The fraction of sp³-hybridized carbons (Fsp3) is 0.278. The van der Waals surface area contributed by atoms with Crippen molar-refractivity contribution in [2.45, 2.75) is 13.0 Å². The first-order valence-corrected chi connectivity index (χ1v) is 9.72. The Morgan fingerprint density at radius 2 is 1.81 bits per heavy atom. The first kappa shape index (κ1) is 19.7. The Morgan fingerprint density at radius 1 is 1.19 bits per heavy atom. The van der Waals surface area contributed by atoms with Gasteiger partial charge in [-0.15, -0.1) is 0 Å². The fourth-order valence-electron chi connectivity index (χ4n) is 2.43. The molecule has 0 aromatic heterocycles. The third kappa shape index (κ3) is 4.95. The highest BCUT2D eigenvalue weighted by Gasteiger charge is 2.24. The molecule has 8 heteroatoms. The molecule has 0 heterocycles. The van der Waals surface area contributed by atoms with E-state index in [0.29, 0.717) is 5.75 Å². The van der Waals surface area contributed by atoms with Crippen LogP contribution in [-0.2, 0) is 14.8 Å². The van der Waals surface area contributed by atoms with Crippen LogP contribution in [0.15, 0.2) is 48.5 Å². The number of methoxy groups -OCH3 is 1. The van der Waals surface area contributed by atoms with E-state index in [0.717, 1.165) is 22.2 Å². The quantitative estimate of drug-likeness (QED) is 0.801. The number of hydrogen-bond acceptors (Lipinski definition) is 4. The van der Waals surface area contributed by atoms with Gasteiger partial charge in [0.2, 0.25) is 15.9 Å². The molecule has 0 unspecified atom stereocenters. The Morgan fingerprint density at radius 3 is 2.35 bits per heavy atom. The predicted molar refractivity (Wildman–Crippen MR) is 98.1 cm³/mol. The highest BCUT2D eigenvalue weighted by molar-refractivity contribution is 7.92. The number of nitrogens with zero attached hydrogens (tertiary/aromatic N) is 1. The number of amides is 1. The fourth-order valence-corrected chi connectivity index (χ4v) is 3.29. The molecule has 0 saturated heterocycles. The maximum absolute atomic E-state index is 14.0. The SMILES string of the molecule is COc1ccc([C@H](C)NC(=O)CN(c2ccccc2F)S(C)(=O)=O)cc1. The van der Waals surface area contributed by atoms with Crippen LogP contribution in [0.1, 0.15) is 18.5 Å². The highest BCUT2D eigenvalue weighted by Crippen LogP contribution is 2.21. The summed E-state index contributed by atoms with van der Waals surface area (Å²) < 4.78 is 43.8. The number of anilines is 1. The average molecular weight is 380 g/mol. The number of nitrogens with one attached hydrogen (secondary N) is 1. The number of carbonyl (C=O) groups excluding carboxylic acids is 1. The van der Waals surface area contributed by atoms with E-state index in [1.54, 1.807) is 38.3 Å². The Hall–Kier alpha value is -2.61. The van der Waals surface area contributed by atoms with E-state index in [1.807, 2.05) is 0 Å². The van der Waals surface area contributed by atoms with Gasteiger partial charge in [-0.3, -0.25) is 9.10 Å². The summed E-state index contributed by atoms with van der Waals surface area (Å²) >= 11 is 0. The van der Waals surface area contributed by atoms with E-state index in [2.05, 4.69) is 5.32 Å². The topological polar surface area (TPSA) is 75.7 Å². The number of halogens is 1. The second-order valence-electron chi connectivity index (χ2n) is 5.78. The molecule has 0 radical (unpaired) electrons. The molecule has 1 atom stereocenters. The lowest BCUT2D eigenvalue weighted by molar-refractivity contribution is -0.120. The van der Waals surface area contributed by atoms with Gasteiger partial charge in [-0.25, -0.2) is 12.8 Å². The molecule has 2 aromatic rings. The molecule has 0 fully saturated rings. The Labute approximate surface area is 152 Å².